The van der Waals surface area contributed by atoms with Crippen LogP contribution in [0.1, 0.15) is 47.5 Å². The van der Waals surface area contributed by atoms with Gasteiger partial charge in [-0.3, -0.25) is 9.69 Å². The van der Waals surface area contributed by atoms with Gasteiger partial charge in [0.15, 0.2) is 0 Å². The van der Waals surface area contributed by atoms with Gasteiger partial charge in [-0.1, -0.05) is 13.8 Å². The number of piperidine rings is 1. The van der Waals surface area contributed by atoms with Crippen LogP contribution in [0.4, 0.5) is 0 Å². The predicted octanol–water partition coefficient (Wildman–Crippen LogP) is 2.38. The quantitative estimate of drug-likeness (QED) is 0.798. The number of hydrogen-bond donors (Lipinski definition) is 0. The molecule has 2 aliphatic rings. The summed E-state index contributed by atoms with van der Waals surface area (Å²) >= 11 is 0. The highest BCUT2D eigenvalue weighted by Gasteiger charge is 2.47. The molecule has 0 aromatic carbocycles. The molecule has 2 heterocycles. The Morgan fingerprint density at radius 2 is 1.76 bits per heavy atom. The average Bonchev–Trinajstić information content (AvgIpc) is 2.34. The molecule has 4 heteroatoms. The Morgan fingerprint density at radius 3 is 2.24 bits per heavy atom. The highest BCUT2D eigenvalue weighted by molar-refractivity contribution is 5.78. The Morgan fingerprint density at radius 1 is 1.19 bits per heavy atom. The van der Waals surface area contributed by atoms with Crippen LogP contribution >= 0.6 is 0 Å². The van der Waals surface area contributed by atoms with E-state index in [1.165, 1.54) is 12.8 Å². The van der Waals surface area contributed by atoms with Crippen molar-refractivity contribution >= 4 is 5.91 Å². The van der Waals surface area contributed by atoms with Gasteiger partial charge < -0.3 is 9.64 Å². The molecule has 2 fully saturated rings. The molecule has 122 valence electrons. The normalized spacial score (nSPS) is 22.7. The summed E-state index contributed by atoms with van der Waals surface area (Å²) in [6.45, 7) is 16.2. The number of rotatable bonds is 4. The molecule has 2 saturated heterocycles. The molecule has 0 unspecified atom stereocenters. The third-order valence-corrected chi connectivity index (χ3v) is 4.85. The summed E-state index contributed by atoms with van der Waals surface area (Å²) in [6, 6.07) is 0. The molecule has 21 heavy (non-hydrogen) atoms. The van der Waals surface area contributed by atoms with E-state index in [1.807, 2.05) is 4.90 Å². The van der Waals surface area contributed by atoms with E-state index >= 15 is 0 Å². The number of nitrogens with zero attached hydrogens (tertiary/aromatic N) is 2. The van der Waals surface area contributed by atoms with Crippen LogP contribution in [0, 0.1) is 11.3 Å². The van der Waals surface area contributed by atoms with Crippen molar-refractivity contribution in [2.75, 3.05) is 39.4 Å². The van der Waals surface area contributed by atoms with Gasteiger partial charge in [-0.15, -0.1) is 0 Å². The molecule has 2 rings (SSSR count). The van der Waals surface area contributed by atoms with Gasteiger partial charge in [0.25, 0.3) is 0 Å². The maximum absolute atomic E-state index is 12.0. The Labute approximate surface area is 129 Å². The molecule has 0 aliphatic carbocycles. The molecule has 0 bridgehead atoms. The lowest BCUT2D eigenvalue weighted by Gasteiger charge is -2.55. The first-order valence-corrected chi connectivity index (χ1v) is 8.32. The number of likely N-dealkylation sites (tertiary alicyclic amines) is 2. The third kappa shape index (κ3) is 4.19. The van der Waals surface area contributed by atoms with Crippen molar-refractivity contribution in [1.29, 1.82) is 0 Å². The average molecular weight is 296 g/mol. The van der Waals surface area contributed by atoms with Crippen LogP contribution in [0.25, 0.3) is 0 Å². The van der Waals surface area contributed by atoms with Crippen molar-refractivity contribution in [1.82, 2.24) is 9.80 Å². The SMILES string of the molecule is CC(C)COCC(=O)N1CC2(CCN(C(C)(C)C)CC2)C1. The molecular weight excluding hydrogens is 264 g/mol. The lowest BCUT2D eigenvalue weighted by Crippen LogP contribution is -2.63. The molecular formula is C17H32N2O2. The maximum atomic E-state index is 12.0. The Bertz CT molecular complexity index is 357. The topological polar surface area (TPSA) is 32.8 Å². The fourth-order valence-corrected chi connectivity index (χ4v) is 3.38. The van der Waals surface area contributed by atoms with Gasteiger partial charge in [0.2, 0.25) is 5.91 Å². The van der Waals surface area contributed by atoms with Crippen molar-refractivity contribution < 1.29 is 9.53 Å². The summed E-state index contributed by atoms with van der Waals surface area (Å²) in [6.07, 6.45) is 2.45. The van der Waals surface area contributed by atoms with Crippen molar-refractivity contribution in [3.8, 4) is 0 Å². The monoisotopic (exact) mass is 296 g/mol. The predicted molar refractivity (Wildman–Crippen MR) is 85.2 cm³/mol. The van der Waals surface area contributed by atoms with E-state index in [4.69, 9.17) is 4.74 Å². The summed E-state index contributed by atoms with van der Waals surface area (Å²) in [5.74, 6) is 0.654. The summed E-state index contributed by atoms with van der Waals surface area (Å²) in [4.78, 5) is 16.6. The summed E-state index contributed by atoms with van der Waals surface area (Å²) in [5.41, 5.74) is 0.668. The summed E-state index contributed by atoms with van der Waals surface area (Å²) in [5, 5.41) is 0. The zero-order chi connectivity index (χ0) is 15.7. The van der Waals surface area contributed by atoms with Crippen LogP contribution in [0.3, 0.4) is 0 Å². The second-order valence-electron chi connectivity index (χ2n) is 8.32. The van der Waals surface area contributed by atoms with Crippen molar-refractivity contribution in [2.45, 2.75) is 53.0 Å². The fourth-order valence-electron chi connectivity index (χ4n) is 3.38. The van der Waals surface area contributed by atoms with Gasteiger partial charge in [-0.2, -0.15) is 0 Å². The molecule has 0 atom stereocenters. The van der Waals surface area contributed by atoms with E-state index in [9.17, 15) is 4.79 Å². The minimum Gasteiger partial charge on any atom is -0.371 e. The second-order valence-corrected chi connectivity index (χ2v) is 8.32. The van der Waals surface area contributed by atoms with Crippen molar-refractivity contribution in [3.63, 3.8) is 0 Å². The minimum absolute atomic E-state index is 0.166. The number of carbonyl (C=O) groups excluding carboxylic acids is 1. The Hall–Kier alpha value is -0.610. The van der Waals surface area contributed by atoms with Gasteiger partial charge in [0.05, 0.1) is 0 Å². The molecule has 2 aliphatic heterocycles. The first kappa shape index (κ1) is 16.8. The van der Waals surface area contributed by atoms with Gasteiger partial charge in [0.1, 0.15) is 6.61 Å². The van der Waals surface area contributed by atoms with Crippen molar-refractivity contribution in [2.24, 2.45) is 11.3 Å². The highest BCUT2D eigenvalue weighted by atomic mass is 16.5. The van der Waals surface area contributed by atoms with E-state index in [-0.39, 0.29) is 18.1 Å². The molecule has 0 aromatic rings. The number of hydrogen-bond acceptors (Lipinski definition) is 3. The van der Waals surface area contributed by atoms with E-state index in [0.29, 0.717) is 17.9 Å². The second kappa shape index (κ2) is 6.25. The first-order valence-electron chi connectivity index (χ1n) is 8.32. The van der Waals surface area contributed by atoms with Gasteiger partial charge in [-0.05, 0) is 52.6 Å². The minimum atomic E-state index is 0.166. The smallest absolute Gasteiger partial charge is 0.248 e. The Balaban J connectivity index is 1.70. The number of carbonyl (C=O) groups is 1. The Kier molecular flexibility index (Phi) is 4.99. The van der Waals surface area contributed by atoms with Crippen LogP contribution in [0.15, 0.2) is 0 Å². The molecule has 0 aromatic heterocycles. The van der Waals surface area contributed by atoms with Crippen LogP contribution in [-0.4, -0.2) is 60.6 Å². The molecule has 0 radical (unpaired) electrons. The highest BCUT2D eigenvalue weighted by Crippen LogP contribution is 2.41. The van der Waals surface area contributed by atoms with Crippen molar-refractivity contribution in [3.05, 3.63) is 0 Å². The van der Waals surface area contributed by atoms with E-state index in [2.05, 4.69) is 39.5 Å². The fraction of sp³-hybridized carbons (Fsp3) is 0.941. The first-order chi connectivity index (χ1) is 9.72. The van der Waals surface area contributed by atoms with Crippen LogP contribution in [0.2, 0.25) is 0 Å². The summed E-state index contributed by atoms with van der Waals surface area (Å²) < 4.78 is 5.45. The number of ether oxygens (including phenoxy) is 1. The zero-order valence-electron chi connectivity index (χ0n) is 14.4. The standard InChI is InChI=1S/C17H32N2O2/c1-14(2)10-21-11-15(20)18-12-17(13-18)6-8-19(9-7-17)16(3,4)5/h14H,6-13H2,1-5H3. The van der Waals surface area contributed by atoms with E-state index < -0.39 is 0 Å². The van der Waals surface area contributed by atoms with Gasteiger partial charge >= 0.3 is 0 Å². The van der Waals surface area contributed by atoms with Gasteiger partial charge in [-0.25, -0.2) is 0 Å². The molecule has 0 N–H and O–H groups in total. The summed E-state index contributed by atoms with van der Waals surface area (Å²) in [7, 11) is 0. The largest absolute Gasteiger partial charge is 0.371 e. The van der Waals surface area contributed by atoms with Gasteiger partial charge in [0, 0.05) is 30.7 Å². The van der Waals surface area contributed by atoms with E-state index in [0.717, 1.165) is 26.2 Å². The van der Waals surface area contributed by atoms with Crippen LogP contribution in [-0.2, 0) is 9.53 Å². The zero-order valence-corrected chi connectivity index (χ0v) is 14.4. The molecule has 1 spiro atoms. The van der Waals surface area contributed by atoms with E-state index in [1.54, 1.807) is 0 Å². The molecule has 4 nitrogen and oxygen atoms in total. The third-order valence-electron chi connectivity index (χ3n) is 4.85. The lowest BCUT2D eigenvalue weighted by atomic mass is 9.71. The molecule has 1 amide bonds. The maximum Gasteiger partial charge on any atom is 0.248 e. The van der Waals surface area contributed by atoms with Crippen LogP contribution < -0.4 is 0 Å². The molecule has 0 saturated carbocycles. The van der Waals surface area contributed by atoms with Crippen LogP contribution in [0.5, 0.6) is 0 Å². The number of amides is 1. The lowest BCUT2D eigenvalue weighted by molar-refractivity contribution is -0.153.